The number of nitrogens with one attached hydrogen (secondary N) is 1. The molecule has 0 bridgehead atoms. The summed E-state index contributed by atoms with van der Waals surface area (Å²) < 4.78 is 0. The molecule has 0 aliphatic heterocycles. The second kappa shape index (κ2) is 6.88. The van der Waals surface area contributed by atoms with Gasteiger partial charge in [0.1, 0.15) is 0 Å². The zero-order chi connectivity index (χ0) is 14.4. The molecule has 1 aliphatic rings. The van der Waals surface area contributed by atoms with Crippen LogP contribution in [0.4, 0.5) is 0 Å². The monoisotopic (exact) mass is 272 g/mol. The highest BCUT2D eigenvalue weighted by atomic mass is 16.3. The molecule has 20 heavy (non-hydrogen) atoms. The smallest absolute Gasteiger partial charge is 0.0991 e. The Morgan fingerprint density at radius 1 is 1.35 bits per heavy atom. The quantitative estimate of drug-likeness (QED) is 0.865. The molecule has 0 aromatic heterocycles. The molecule has 1 aromatic carbocycles. The number of hydrogen-bond donors (Lipinski definition) is 2. The van der Waals surface area contributed by atoms with Gasteiger partial charge in [0.25, 0.3) is 0 Å². The fourth-order valence-corrected chi connectivity index (χ4v) is 3.06. The van der Waals surface area contributed by atoms with Crippen molar-refractivity contribution in [2.24, 2.45) is 5.41 Å². The van der Waals surface area contributed by atoms with E-state index < -0.39 is 0 Å². The molecule has 108 valence electrons. The molecule has 1 aromatic rings. The summed E-state index contributed by atoms with van der Waals surface area (Å²) >= 11 is 0. The summed E-state index contributed by atoms with van der Waals surface area (Å²) in [7, 11) is 0. The number of aliphatic hydroxyl groups is 1. The van der Waals surface area contributed by atoms with Crippen LogP contribution >= 0.6 is 0 Å². The lowest BCUT2D eigenvalue weighted by molar-refractivity contribution is 0.0789. The van der Waals surface area contributed by atoms with E-state index in [-0.39, 0.29) is 18.1 Å². The highest BCUT2D eigenvalue weighted by molar-refractivity contribution is 5.34. The minimum absolute atomic E-state index is 0.0549. The molecule has 0 amide bonds. The zero-order valence-electron chi connectivity index (χ0n) is 12.2. The topological polar surface area (TPSA) is 56.0 Å². The van der Waals surface area contributed by atoms with E-state index in [1.54, 1.807) is 0 Å². The predicted molar refractivity (Wildman–Crippen MR) is 80.2 cm³/mol. The van der Waals surface area contributed by atoms with Gasteiger partial charge in [0.2, 0.25) is 0 Å². The molecule has 1 fully saturated rings. The van der Waals surface area contributed by atoms with Gasteiger partial charge in [0.05, 0.1) is 11.6 Å². The Morgan fingerprint density at radius 3 is 2.75 bits per heavy atom. The van der Waals surface area contributed by atoms with Crippen molar-refractivity contribution in [3.63, 3.8) is 0 Å². The highest BCUT2D eigenvalue weighted by Gasteiger charge is 2.31. The largest absolute Gasteiger partial charge is 0.396 e. The molecule has 0 heterocycles. The fourth-order valence-electron chi connectivity index (χ4n) is 3.06. The lowest BCUT2D eigenvalue weighted by atomic mass is 9.74. The van der Waals surface area contributed by atoms with Crippen LogP contribution in [0.15, 0.2) is 24.3 Å². The first-order chi connectivity index (χ1) is 9.69. The third-order valence-corrected chi connectivity index (χ3v) is 4.55. The van der Waals surface area contributed by atoms with E-state index in [0.717, 1.165) is 24.9 Å². The van der Waals surface area contributed by atoms with Crippen LogP contribution in [-0.2, 0) is 0 Å². The maximum atomic E-state index is 9.72. The van der Waals surface area contributed by atoms with Gasteiger partial charge in [-0.3, -0.25) is 0 Å². The molecule has 3 nitrogen and oxygen atoms in total. The molecule has 0 spiro atoms. The van der Waals surface area contributed by atoms with E-state index in [0.29, 0.717) is 5.56 Å². The third-order valence-electron chi connectivity index (χ3n) is 4.55. The SMILES string of the molecule is CC(NCC1(CO)CCCCC1)c1cccc(C#N)c1. The van der Waals surface area contributed by atoms with Crippen molar-refractivity contribution in [3.8, 4) is 6.07 Å². The van der Waals surface area contributed by atoms with E-state index in [9.17, 15) is 5.11 Å². The molecule has 0 saturated heterocycles. The van der Waals surface area contributed by atoms with E-state index >= 15 is 0 Å². The second-order valence-electron chi connectivity index (χ2n) is 6.06. The number of nitriles is 1. The molecule has 0 radical (unpaired) electrons. The normalized spacial score (nSPS) is 19.2. The second-order valence-corrected chi connectivity index (χ2v) is 6.06. The van der Waals surface area contributed by atoms with E-state index in [1.165, 1.54) is 19.3 Å². The molecular formula is C17H24N2O. The first-order valence-electron chi connectivity index (χ1n) is 7.53. The molecule has 1 aliphatic carbocycles. The Kier molecular flexibility index (Phi) is 5.17. The standard InChI is InChI=1S/C17H24N2O/c1-14(16-7-5-6-15(10-16)11-18)19-12-17(13-20)8-3-2-4-9-17/h5-7,10,14,19-20H,2-4,8-9,12-13H2,1H3. The van der Waals surface area contributed by atoms with Gasteiger partial charge >= 0.3 is 0 Å². The number of rotatable bonds is 5. The highest BCUT2D eigenvalue weighted by Crippen LogP contribution is 2.35. The van der Waals surface area contributed by atoms with Gasteiger partial charge in [0, 0.05) is 24.6 Å². The lowest BCUT2D eigenvalue weighted by Gasteiger charge is -2.36. The van der Waals surface area contributed by atoms with Crippen molar-refractivity contribution in [3.05, 3.63) is 35.4 Å². The minimum Gasteiger partial charge on any atom is -0.396 e. The van der Waals surface area contributed by atoms with Crippen LogP contribution in [0, 0.1) is 16.7 Å². The van der Waals surface area contributed by atoms with Crippen LogP contribution in [0.2, 0.25) is 0 Å². The van der Waals surface area contributed by atoms with Gasteiger partial charge in [0.15, 0.2) is 0 Å². The average molecular weight is 272 g/mol. The predicted octanol–water partition coefficient (Wildman–Crippen LogP) is 3.15. The van der Waals surface area contributed by atoms with Crippen LogP contribution < -0.4 is 5.32 Å². The van der Waals surface area contributed by atoms with Crippen molar-refractivity contribution in [1.82, 2.24) is 5.32 Å². The van der Waals surface area contributed by atoms with Gasteiger partial charge in [-0.2, -0.15) is 5.26 Å². The summed E-state index contributed by atoms with van der Waals surface area (Å²) in [4.78, 5) is 0. The fraction of sp³-hybridized carbons (Fsp3) is 0.588. The van der Waals surface area contributed by atoms with Gasteiger partial charge in [-0.15, -0.1) is 0 Å². The zero-order valence-corrected chi connectivity index (χ0v) is 12.2. The Hall–Kier alpha value is -1.37. The Balaban J connectivity index is 1.97. The van der Waals surface area contributed by atoms with Crippen LogP contribution in [0.25, 0.3) is 0 Å². The minimum atomic E-state index is 0.0549. The van der Waals surface area contributed by atoms with Crippen LogP contribution in [0.3, 0.4) is 0 Å². The summed E-state index contributed by atoms with van der Waals surface area (Å²) in [5.74, 6) is 0. The van der Waals surface area contributed by atoms with Crippen LogP contribution in [0.1, 0.15) is 56.2 Å². The van der Waals surface area contributed by atoms with Gasteiger partial charge in [-0.25, -0.2) is 0 Å². The molecule has 1 atom stereocenters. The van der Waals surface area contributed by atoms with Gasteiger partial charge in [-0.05, 0) is 37.5 Å². The molecular weight excluding hydrogens is 248 g/mol. The van der Waals surface area contributed by atoms with Crippen LogP contribution in [0.5, 0.6) is 0 Å². The van der Waals surface area contributed by atoms with Crippen molar-refractivity contribution in [2.75, 3.05) is 13.2 Å². The number of nitrogens with zero attached hydrogens (tertiary/aromatic N) is 1. The molecule has 1 unspecified atom stereocenters. The lowest BCUT2D eigenvalue weighted by Crippen LogP contribution is -2.40. The summed E-state index contributed by atoms with van der Waals surface area (Å²) in [6.07, 6.45) is 5.96. The van der Waals surface area contributed by atoms with Crippen molar-refractivity contribution < 1.29 is 5.11 Å². The molecule has 2 rings (SSSR count). The van der Waals surface area contributed by atoms with E-state index in [2.05, 4.69) is 18.3 Å². The van der Waals surface area contributed by atoms with Crippen molar-refractivity contribution >= 4 is 0 Å². The first-order valence-corrected chi connectivity index (χ1v) is 7.53. The summed E-state index contributed by atoms with van der Waals surface area (Å²) in [6, 6.07) is 10.1. The summed E-state index contributed by atoms with van der Waals surface area (Å²) in [5.41, 5.74) is 1.89. The van der Waals surface area contributed by atoms with Crippen molar-refractivity contribution in [2.45, 2.75) is 45.1 Å². The maximum Gasteiger partial charge on any atom is 0.0991 e. The van der Waals surface area contributed by atoms with E-state index in [4.69, 9.17) is 5.26 Å². The van der Waals surface area contributed by atoms with E-state index in [1.807, 2.05) is 24.3 Å². The molecule has 1 saturated carbocycles. The third kappa shape index (κ3) is 3.59. The van der Waals surface area contributed by atoms with Gasteiger partial charge in [-0.1, -0.05) is 31.4 Å². The number of benzene rings is 1. The molecule has 3 heteroatoms. The maximum absolute atomic E-state index is 9.72. The number of hydrogen-bond acceptors (Lipinski definition) is 3. The number of aliphatic hydroxyl groups excluding tert-OH is 1. The summed E-state index contributed by atoms with van der Waals surface area (Å²) in [5, 5.41) is 22.2. The van der Waals surface area contributed by atoms with Gasteiger partial charge < -0.3 is 10.4 Å². The first kappa shape index (κ1) is 15.0. The van der Waals surface area contributed by atoms with Crippen molar-refractivity contribution in [1.29, 1.82) is 5.26 Å². The Morgan fingerprint density at radius 2 is 2.10 bits per heavy atom. The Labute approximate surface area is 121 Å². The molecule has 2 N–H and O–H groups in total. The summed E-state index contributed by atoms with van der Waals surface area (Å²) in [6.45, 7) is 3.23. The Bertz CT molecular complexity index is 472. The average Bonchev–Trinajstić information content (AvgIpc) is 2.53. The van der Waals surface area contributed by atoms with Crippen LogP contribution in [-0.4, -0.2) is 18.3 Å².